The van der Waals surface area contributed by atoms with E-state index in [1.54, 1.807) is 19.1 Å². The molecule has 1 saturated heterocycles. The molecule has 0 spiro atoms. The number of phenols is 1. The second-order valence-corrected chi connectivity index (χ2v) is 6.90. The predicted octanol–water partition coefficient (Wildman–Crippen LogP) is 2.98. The maximum Gasteiger partial charge on any atom is 0.219 e. The molecule has 1 aliphatic rings. The third kappa shape index (κ3) is 3.30. The summed E-state index contributed by atoms with van der Waals surface area (Å²) >= 11 is 0. The van der Waals surface area contributed by atoms with Gasteiger partial charge in [-0.25, -0.2) is 9.97 Å². The summed E-state index contributed by atoms with van der Waals surface area (Å²) in [5, 5.41) is 11.2. The van der Waals surface area contributed by atoms with Crippen molar-refractivity contribution >= 4 is 22.6 Å². The van der Waals surface area contributed by atoms with Crippen LogP contribution in [0, 0.1) is 6.92 Å². The summed E-state index contributed by atoms with van der Waals surface area (Å²) in [4.78, 5) is 25.2. The average Bonchev–Trinajstić information content (AvgIpc) is 2.67. The van der Waals surface area contributed by atoms with Gasteiger partial charge in [-0.3, -0.25) is 4.79 Å². The fourth-order valence-electron chi connectivity index (χ4n) is 3.48. The van der Waals surface area contributed by atoms with Gasteiger partial charge in [-0.05, 0) is 36.8 Å². The molecule has 2 heterocycles. The summed E-state index contributed by atoms with van der Waals surface area (Å²) in [5.41, 5.74) is 2.59. The van der Waals surface area contributed by atoms with Crippen LogP contribution in [0.2, 0.25) is 0 Å². The van der Waals surface area contributed by atoms with E-state index in [9.17, 15) is 9.90 Å². The minimum atomic E-state index is 0.104. The molecule has 1 aliphatic heterocycles. The number of nitrogens with zero attached hydrogens (tertiary/aromatic N) is 4. The number of aromatic hydroxyl groups is 1. The van der Waals surface area contributed by atoms with Crippen molar-refractivity contribution in [3.63, 3.8) is 0 Å². The van der Waals surface area contributed by atoms with Gasteiger partial charge in [0.05, 0.1) is 11.1 Å². The van der Waals surface area contributed by atoms with Crippen LogP contribution < -0.4 is 4.90 Å². The van der Waals surface area contributed by atoms with E-state index in [-0.39, 0.29) is 11.7 Å². The number of carbonyl (C=O) groups excluding carboxylic acids is 1. The van der Waals surface area contributed by atoms with Gasteiger partial charge in [0.15, 0.2) is 5.82 Å². The summed E-state index contributed by atoms with van der Waals surface area (Å²) in [7, 11) is 0. The molecule has 3 aromatic rings. The van der Waals surface area contributed by atoms with Crippen molar-refractivity contribution in [1.82, 2.24) is 14.9 Å². The van der Waals surface area contributed by atoms with Gasteiger partial charge in [-0.15, -0.1) is 0 Å². The Morgan fingerprint density at radius 1 is 1.04 bits per heavy atom. The van der Waals surface area contributed by atoms with Crippen LogP contribution in [0.15, 0.2) is 42.5 Å². The number of para-hydroxylation sites is 1. The highest BCUT2D eigenvalue weighted by Crippen LogP contribution is 2.32. The Bertz CT molecular complexity index is 1010. The minimum absolute atomic E-state index is 0.104. The lowest BCUT2D eigenvalue weighted by molar-refractivity contribution is -0.129. The first kappa shape index (κ1) is 17.3. The molecule has 6 nitrogen and oxygen atoms in total. The summed E-state index contributed by atoms with van der Waals surface area (Å²) in [5.74, 6) is 1.63. The van der Waals surface area contributed by atoms with E-state index in [2.05, 4.69) is 11.0 Å². The SMILES string of the molecule is CC(=O)N1CCN(c2nc(-c3ccccc3O)nc3cc(C)ccc23)CC1. The highest BCUT2D eigenvalue weighted by atomic mass is 16.3. The van der Waals surface area contributed by atoms with Crippen LogP contribution in [0.1, 0.15) is 12.5 Å². The third-order valence-corrected chi connectivity index (χ3v) is 5.00. The first-order valence-corrected chi connectivity index (χ1v) is 9.10. The molecule has 2 aromatic carbocycles. The molecule has 27 heavy (non-hydrogen) atoms. The number of benzene rings is 2. The van der Waals surface area contributed by atoms with Crippen LogP contribution in [0.4, 0.5) is 5.82 Å². The normalized spacial score (nSPS) is 14.6. The number of fused-ring (bicyclic) bond motifs is 1. The number of amides is 1. The monoisotopic (exact) mass is 362 g/mol. The van der Waals surface area contributed by atoms with Gasteiger partial charge in [-0.1, -0.05) is 18.2 Å². The van der Waals surface area contributed by atoms with Gasteiger partial charge in [0, 0.05) is 38.5 Å². The number of hydrogen-bond donors (Lipinski definition) is 1. The second kappa shape index (κ2) is 6.87. The average molecular weight is 362 g/mol. The molecule has 6 heteroatoms. The van der Waals surface area contributed by atoms with E-state index in [0.29, 0.717) is 24.5 Å². The first-order valence-electron chi connectivity index (χ1n) is 9.10. The fraction of sp³-hybridized carbons (Fsp3) is 0.286. The Morgan fingerprint density at radius 2 is 1.78 bits per heavy atom. The van der Waals surface area contributed by atoms with Crippen LogP contribution in [-0.4, -0.2) is 52.1 Å². The van der Waals surface area contributed by atoms with E-state index in [0.717, 1.165) is 35.4 Å². The molecule has 1 amide bonds. The fourth-order valence-corrected chi connectivity index (χ4v) is 3.48. The number of rotatable bonds is 2. The Kier molecular flexibility index (Phi) is 4.39. The summed E-state index contributed by atoms with van der Waals surface area (Å²) in [6, 6.07) is 13.3. The lowest BCUT2D eigenvalue weighted by Gasteiger charge is -2.35. The molecule has 0 unspecified atom stereocenters. The van der Waals surface area contributed by atoms with Gasteiger partial charge in [0.1, 0.15) is 11.6 Å². The van der Waals surface area contributed by atoms with Crippen molar-refractivity contribution in [3.8, 4) is 17.1 Å². The Hall–Kier alpha value is -3.15. The largest absolute Gasteiger partial charge is 0.507 e. The molecule has 0 atom stereocenters. The number of piperazine rings is 1. The zero-order valence-electron chi connectivity index (χ0n) is 15.5. The molecule has 0 radical (unpaired) electrons. The lowest BCUT2D eigenvalue weighted by Crippen LogP contribution is -2.48. The van der Waals surface area contributed by atoms with Crippen molar-refractivity contribution in [2.24, 2.45) is 0 Å². The lowest BCUT2D eigenvalue weighted by atomic mass is 10.1. The highest BCUT2D eigenvalue weighted by molar-refractivity contribution is 5.92. The highest BCUT2D eigenvalue weighted by Gasteiger charge is 2.22. The van der Waals surface area contributed by atoms with Crippen LogP contribution in [0.25, 0.3) is 22.3 Å². The summed E-state index contributed by atoms with van der Waals surface area (Å²) in [6.07, 6.45) is 0. The molecule has 0 bridgehead atoms. The number of carbonyl (C=O) groups is 1. The van der Waals surface area contributed by atoms with E-state index >= 15 is 0 Å². The first-order chi connectivity index (χ1) is 13.0. The van der Waals surface area contributed by atoms with Gasteiger partial charge in [-0.2, -0.15) is 0 Å². The number of phenolic OH excluding ortho intramolecular Hbond substituents is 1. The van der Waals surface area contributed by atoms with Gasteiger partial charge in [0.25, 0.3) is 0 Å². The van der Waals surface area contributed by atoms with Gasteiger partial charge < -0.3 is 14.9 Å². The van der Waals surface area contributed by atoms with Crippen LogP contribution in [0.5, 0.6) is 5.75 Å². The number of aromatic nitrogens is 2. The van der Waals surface area contributed by atoms with Gasteiger partial charge >= 0.3 is 0 Å². The molecule has 0 aliphatic carbocycles. The molecular weight excluding hydrogens is 340 g/mol. The van der Waals surface area contributed by atoms with Crippen LogP contribution in [-0.2, 0) is 4.79 Å². The van der Waals surface area contributed by atoms with E-state index in [1.165, 1.54) is 0 Å². The molecule has 1 N–H and O–H groups in total. The van der Waals surface area contributed by atoms with E-state index < -0.39 is 0 Å². The molecule has 1 fully saturated rings. The Morgan fingerprint density at radius 3 is 2.48 bits per heavy atom. The maximum absolute atomic E-state index is 11.6. The van der Waals surface area contributed by atoms with Crippen molar-refractivity contribution in [1.29, 1.82) is 0 Å². The Balaban J connectivity index is 1.81. The van der Waals surface area contributed by atoms with E-state index in [4.69, 9.17) is 9.97 Å². The van der Waals surface area contributed by atoms with Crippen molar-refractivity contribution < 1.29 is 9.90 Å². The molecular formula is C21H22N4O2. The number of aryl methyl sites for hydroxylation is 1. The quantitative estimate of drug-likeness (QED) is 0.759. The Labute approximate surface area is 158 Å². The predicted molar refractivity (Wildman–Crippen MR) is 106 cm³/mol. The molecule has 0 saturated carbocycles. The molecule has 138 valence electrons. The zero-order valence-corrected chi connectivity index (χ0v) is 15.5. The minimum Gasteiger partial charge on any atom is -0.507 e. The molecule has 4 rings (SSSR count). The number of hydrogen-bond acceptors (Lipinski definition) is 5. The van der Waals surface area contributed by atoms with Crippen molar-refractivity contribution in [3.05, 3.63) is 48.0 Å². The van der Waals surface area contributed by atoms with Gasteiger partial charge in [0.2, 0.25) is 5.91 Å². The van der Waals surface area contributed by atoms with Crippen molar-refractivity contribution in [2.45, 2.75) is 13.8 Å². The summed E-state index contributed by atoms with van der Waals surface area (Å²) < 4.78 is 0. The number of anilines is 1. The smallest absolute Gasteiger partial charge is 0.219 e. The van der Waals surface area contributed by atoms with Crippen LogP contribution in [0.3, 0.4) is 0 Å². The van der Waals surface area contributed by atoms with Crippen molar-refractivity contribution in [2.75, 3.05) is 31.1 Å². The molecule has 1 aromatic heterocycles. The second-order valence-electron chi connectivity index (χ2n) is 6.90. The zero-order chi connectivity index (χ0) is 19.0. The van der Waals surface area contributed by atoms with Crippen LogP contribution >= 0.6 is 0 Å². The maximum atomic E-state index is 11.6. The summed E-state index contributed by atoms with van der Waals surface area (Å²) in [6.45, 7) is 6.44. The van der Waals surface area contributed by atoms with E-state index in [1.807, 2.05) is 36.1 Å². The topological polar surface area (TPSA) is 69.6 Å². The standard InChI is InChI=1S/C21H22N4O2/c1-14-7-8-16-18(13-14)22-20(17-5-3-4-6-19(17)27)23-21(16)25-11-9-24(10-12-25)15(2)26/h3-8,13,27H,9-12H2,1-2H3. The third-order valence-electron chi connectivity index (χ3n) is 5.00.